The first-order chi connectivity index (χ1) is 13.3. The van der Waals surface area contributed by atoms with Crippen LogP contribution in [0.1, 0.15) is 25.3 Å². The largest absolute Gasteiger partial charge is 0.381 e. The van der Waals surface area contributed by atoms with Crippen LogP contribution in [0.5, 0.6) is 0 Å². The summed E-state index contributed by atoms with van der Waals surface area (Å²) in [5.41, 5.74) is 0.900. The Morgan fingerprint density at radius 1 is 1.14 bits per heavy atom. The molecule has 3 heterocycles. The summed E-state index contributed by atoms with van der Waals surface area (Å²) < 4.78 is 28.8. The molecule has 7 nitrogen and oxygen atoms in total. The minimum absolute atomic E-state index is 0.0953. The van der Waals surface area contributed by atoms with Gasteiger partial charge in [-0.2, -0.15) is 0 Å². The lowest BCUT2D eigenvalue weighted by atomic mass is 9.96. The number of rotatable bonds is 4. The van der Waals surface area contributed by atoms with Crippen LogP contribution in [0.2, 0.25) is 0 Å². The van der Waals surface area contributed by atoms with Gasteiger partial charge in [-0.05, 0) is 24.6 Å². The van der Waals surface area contributed by atoms with E-state index >= 15 is 0 Å². The van der Waals surface area contributed by atoms with E-state index in [1.54, 1.807) is 12.1 Å². The molecule has 1 aromatic rings. The van der Waals surface area contributed by atoms with Gasteiger partial charge in [0, 0.05) is 51.8 Å². The number of sulfone groups is 1. The van der Waals surface area contributed by atoms with Crippen LogP contribution in [0.4, 0.5) is 0 Å². The molecule has 1 aromatic carbocycles. The quantitative estimate of drug-likeness (QED) is 0.740. The molecule has 0 saturated carbocycles. The first-order valence-corrected chi connectivity index (χ1v) is 11.9. The van der Waals surface area contributed by atoms with Crippen LogP contribution in [0, 0.1) is 0 Å². The Bertz CT molecular complexity index is 834. The number of hydrogen-bond acceptors (Lipinski definition) is 6. The summed E-state index contributed by atoms with van der Waals surface area (Å²) in [6.07, 6.45) is 2.99. The van der Waals surface area contributed by atoms with Gasteiger partial charge in [0.15, 0.2) is 9.84 Å². The topological polar surface area (TPSA) is 70.2 Å². The number of likely N-dealkylation sites (N-methyl/N-ethyl adjacent to an activating group) is 1. The van der Waals surface area contributed by atoms with Crippen molar-refractivity contribution in [1.29, 1.82) is 0 Å². The van der Waals surface area contributed by atoms with Gasteiger partial charge < -0.3 is 9.64 Å². The predicted molar refractivity (Wildman–Crippen MR) is 105 cm³/mol. The zero-order valence-corrected chi connectivity index (χ0v) is 17.5. The van der Waals surface area contributed by atoms with Crippen molar-refractivity contribution < 1.29 is 17.9 Å². The van der Waals surface area contributed by atoms with Gasteiger partial charge in [-0.3, -0.25) is 14.6 Å². The second-order valence-electron chi connectivity index (χ2n) is 8.04. The van der Waals surface area contributed by atoms with Crippen molar-refractivity contribution in [3.05, 3.63) is 29.8 Å². The van der Waals surface area contributed by atoms with Crippen LogP contribution >= 0.6 is 0 Å². The van der Waals surface area contributed by atoms with E-state index in [2.05, 4.69) is 21.6 Å². The maximum Gasteiger partial charge on any atom is 0.242 e. The Hall–Kier alpha value is -1.48. The maximum absolute atomic E-state index is 13.1. The lowest BCUT2D eigenvalue weighted by Gasteiger charge is -2.48. The summed E-state index contributed by atoms with van der Waals surface area (Å²) in [7, 11) is -3.18. The first-order valence-electron chi connectivity index (χ1n) is 10.0. The lowest BCUT2D eigenvalue weighted by Crippen LogP contribution is -2.61. The standard InChI is InChI=1S/C20H29N3O4S/c1-3-22-19(24)18-15-21(10-11-23(18)20(22)8-12-27-13-9-20)14-16-4-6-17(7-5-16)28(2,25)26/h4-7,18H,3,8-15H2,1-2H3/t18-/m1/s1. The van der Waals surface area contributed by atoms with Crippen molar-refractivity contribution in [2.24, 2.45) is 0 Å². The molecule has 154 valence electrons. The SMILES string of the molecule is CCN1C(=O)[C@H]2CN(Cc3ccc(S(C)(=O)=O)cc3)CCN2C12CCOCC2. The van der Waals surface area contributed by atoms with Gasteiger partial charge in [-0.25, -0.2) is 8.42 Å². The molecule has 1 amide bonds. The minimum Gasteiger partial charge on any atom is -0.381 e. The summed E-state index contributed by atoms with van der Waals surface area (Å²) in [4.78, 5) is 20.3. The summed E-state index contributed by atoms with van der Waals surface area (Å²) in [5.74, 6) is 0.238. The molecule has 3 fully saturated rings. The number of carbonyl (C=O) groups is 1. The van der Waals surface area contributed by atoms with E-state index in [9.17, 15) is 13.2 Å². The molecule has 28 heavy (non-hydrogen) atoms. The van der Waals surface area contributed by atoms with Gasteiger partial charge in [0.2, 0.25) is 5.91 Å². The van der Waals surface area contributed by atoms with Crippen LogP contribution in [0.25, 0.3) is 0 Å². The third kappa shape index (κ3) is 3.36. The molecule has 4 rings (SSSR count). The van der Waals surface area contributed by atoms with Crippen molar-refractivity contribution in [2.75, 3.05) is 45.6 Å². The third-order valence-electron chi connectivity index (χ3n) is 6.42. The Labute approximate surface area is 167 Å². The van der Waals surface area contributed by atoms with Crippen molar-refractivity contribution in [3.8, 4) is 0 Å². The highest BCUT2D eigenvalue weighted by molar-refractivity contribution is 7.90. The molecule has 1 atom stereocenters. The average Bonchev–Trinajstić information content (AvgIpc) is 2.89. The summed E-state index contributed by atoms with van der Waals surface area (Å²) in [6.45, 7) is 7.43. The fourth-order valence-corrected chi connectivity index (χ4v) is 5.67. The van der Waals surface area contributed by atoms with Crippen LogP contribution in [0.15, 0.2) is 29.2 Å². The van der Waals surface area contributed by atoms with Crippen molar-refractivity contribution >= 4 is 15.7 Å². The Kier molecular flexibility index (Phi) is 5.24. The molecule has 0 N–H and O–H groups in total. The fourth-order valence-electron chi connectivity index (χ4n) is 5.04. The van der Waals surface area contributed by atoms with Crippen molar-refractivity contribution in [2.45, 2.75) is 42.9 Å². The number of benzene rings is 1. The molecule has 0 aliphatic carbocycles. The van der Waals surface area contributed by atoms with E-state index in [1.807, 2.05) is 12.1 Å². The molecule has 8 heteroatoms. The Balaban J connectivity index is 1.48. The molecule has 0 radical (unpaired) electrons. The van der Waals surface area contributed by atoms with Crippen LogP contribution in [0.3, 0.4) is 0 Å². The van der Waals surface area contributed by atoms with Gasteiger partial charge in [0.25, 0.3) is 0 Å². The van der Waals surface area contributed by atoms with E-state index < -0.39 is 9.84 Å². The molecule has 3 aliphatic heterocycles. The lowest BCUT2D eigenvalue weighted by molar-refractivity contribution is -0.135. The van der Waals surface area contributed by atoms with Crippen LogP contribution < -0.4 is 0 Å². The smallest absolute Gasteiger partial charge is 0.242 e. The van der Waals surface area contributed by atoms with Crippen LogP contribution in [-0.2, 0) is 25.9 Å². The number of fused-ring (bicyclic) bond motifs is 2. The minimum atomic E-state index is -3.18. The van der Waals surface area contributed by atoms with Crippen LogP contribution in [-0.4, -0.2) is 86.4 Å². The molecule has 0 unspecified atom stereocenters. The molecule has 3 aliphatic rings. The summed E-state index contributed by atoms with van der Waals surface area (Å²) in [6, 6.07) is 6.98. The number of piperazine rings is 1. The highest BCUT2D eigenvalue weighted by Crippen LogP contribution is 2.41. The van der Waals surface area contributed by atoms with E-state index in [-0.39, 0.29) is 17.6 Å². The van der Waals surface area contributed by atoms with Gasteiger partial charge in [0.1, 0.15) is 11.7 Å². The highest BCUT2D eigenvalue weighted by Gasteiger charge is 2.57. The maximum atomic E-state index is 13.1. The molecule has 1 spiro atoms. The second-order valence-corrected chi connectivity index (χ2v) is 10.1. The van der Waals surface area contributed by atoms with E-state index in [1.165, 1.54) is 6.26 Å². The Morgan fingerprint density at radius 3 is 2.43 bits per heavy atom. The molecule has 3 saturated heterocycles. The predicted octanol–water partition coefficient (Wildman–Crippen LogP) is 0.945. The van der Waals surface area contributed by atoms with Gasteiger partial charge in [-0.15, -0.1) is 0 Å². The summed E-state index contributed by atoms with van der Waals surface area (Å²) >= 11 is 0. The van der Waals surface area contributed by atoms with E-state index in [0.29, 0.717) is 24.7 Å². The van der Waals surface area contributed by atoms with Crippen molar-refractivity contribution in [3.63, 3.8) is 0 Å². The second kappa shape index (κ2) is 7.40. The normalized spacial score (nSPS) is 26.0. The first kappa shape index (κ1) is 19.8. The summed E-state index contributed by atoms with van der Waals surface area (Å²) in [5, 5.41) is 0. The number of nitrogens with zero attached hydrogens (tertiary/aromatic N) is 3. The monoisotopic (exact) mass is 407 g/mol. The van der Waals surface area contributed by atoms with E-state index in [4.69, 9.17) is 4.74 Å². The molecule has 0 bridgehead atoms. The number of carbonyl (C=O) groups excluding carboxylic acids is 1. The Morgan fingerprint density at radius 2 is 1.82 bits per heavy atom. The molecule has 0 aromatic heterocycles. The number of hydrogen-bond donors (Lipinski definition) is 0. The third-order valence-corrected chi connectivity index (χ3v) is 7.55. The fraction of sp³-hybridized carbons (Fsp3) is 0.650. The van der Waals surface area contributed by atoms with E-state index in [0.717, 1.165) is 44.6 Å². The zero-order chi connectivity index (χ0) is 19.9. The molecular weight excluding hydrogens is 378 g/mol. The molecular formula is C20H29N3O4S. The number of ether oxygens (including phenoxy) is 1. The average molecular weight is 408 g/mol. The number of amides is 1. The van der Waals surface area contributed by atoms with Crippen molar-refractivity contribution in [1.82, 2.24) is 14.7 Å². The van der Waals surface area contributed by atoms with Gasteiger partial charge >= 0.3 is 0 Å². The highest BCUT2D eigenvalue weighted by atomic mass is 32.2. The van der Waals surface area contributed by atoms with Gasteiger partial charge in [0.05, 0.1) is 18.1 Å². The zero-order valence-electron chi connectivity index (χ0n) is 16.6. The van der Waals surface area contributed by atoms with Gasteiger partial charge in [-0.1, -0.05) is 12.1 Å².